The van der Waals surface area contributed by atoms with E-state index in [1.54, 1.807) is 0 Å². The van der Waals surface area contributed by atoms with Crippen LogP contribution in [0, 0.1) is 0 Å². The van der Waals surface area contributed by atoms with Crippen molar-refractivity contribution in [2.24, 2.45) is 5.73 Å². The number of thiocarbonyl (C=S) groups is 1. The number of ether oxygens (including phenoxy) is 1. The molecule has 0 aromatic carbocycles. The molecule has 1 aliphatic heterocycles. The van der Waals surface area contributed by atoms with Crippen LogP contribution in [0.5, 0.6) is 0 Å². The smallest absolute Gasteiger partial charge is 0.120 e. The molecule has 1 saturated heterocycles. The quantitative estimate of drug-likeness (QED) is 0.853. The van der Waals surface area contributed by atoms with Gasteiger partial charge in [-0.1, -0.05) is 25.1 Å². The summed E-state index contributed by atoms with van der Waals surface area (Å²) in [5.41, 5.74) is 6.80. The number of rotatable bonds is 4. The van der Waals surface area contributed by atoms with Crippen LogP contribution >= 0.6 is 12.2 Å². The van der Waals surface area contributed by atoms with Gasteiger partial charge in [0.2, 0.25) is 0 Å². The maximum absolute atomic E-state index is 5.67. The zero-order valence-corrected chi connectivity index (χ0v) is 12.5. The molecule has 1 aromatic rings. The van der Waals surface area contributed by atoms with E-state index >= 15 is 0 Å². The molecule has 1 aromatic heterocycles. The molecule has 2 N–H and O–H groups in total. The SMILES string of the molecule is NC(=S)C1CN(Cc2ccn(C3CCCC3)n2)CCO1. The highest BCUT2D eigenvalue weighted by molar-refractivity contribution is 7.80. The van der Waals surface area contributed by atoms with Crippen LogP contribution in [0.1, 0.15) is 37.4 Å². The van der Waals surface area contributed by atoms with Crippen LogP contribution in [0.2, 0.25) is 0 Å². The van der Waals surface area contributed by atoms with Crippen molar-refractivity contribution < 1.29 is 4.74 Å². The lowest BCUT2D eigenvalue weighted by molar-refractivity contribution is 0.00338. The molecule has 2 fully saturated rings. The van der Waals surface area contributed by atoms with E-state index in [0.29, 0.717) is 17.6 Å². The molecule has 1 aliphatic carbocycles. The van der Waals surface area contributed by atoms with Crippen LogP contribution < -0.4 is 5.73 Å². The van der Waals surface area contributed by atoms with Crippen LogP contribution in [-0.2, 0) is 11.3 Å². The fourth-order valence-electron chi connectivity index (χ4n) is 3.08. The third kappa shape index (κ3) is 3.19. The second-order valence-corrected chi connectivity index (χ2v) is 6.19. The fraction of sp³-hybridized carbons (Fsp3) is 0.714. The van der Waals surface area contributed by atoms with Gasteiger partial charge in [0.15, 0.2) is 0 Å². The number of hydrogen-bond donors (Lipinski definition) is 1. The molecule has 20 heavy (non-hydrogen) atoms. The Morgan fingerprint density at radius 2 is 2.25 bits per heavy atom. The van der Waals surface area contributed by atoms with E-state index in [2.05, 4.69) is 21.8 Å². The summed E-state index contributed by atoms with van der Waals surface area (Å²) < 4.78 is 7.71. The van der Waals surface area contributed by atoms with Gasteiger partial charge in [0.1, 0.15) is 11.1 Å². The predicted molar refractivity (Wildman–Crippen MR) is 81.5 cm³/mol. The number of morpholine rings is 1. The zero-order valence-electron chi connectivity index (χ0n) is 11.7. The summed E-state index contributed by atoms with van der Waals surface area (Å²) in [4.78, 5) is 2.76. The second-order valence-electron chi connectivity index (χ2n) is 5.72. The molecule has 2 aliphatic rings. The summed E-state index contributed by atoms with van der Waals surface area (Å²) in [5, 5.41) is 4.73. The molecular formula is C14H22N4OS. The highest BCUT2D eigenvalue weighted by atomic mass is 32.1. The third-order valence-electron chi connectivity index (χ3n) is 4.22. The van der Waals surface area contributed by atoms with Gasteiger partial charge in [-0.05, 0) is 18.9 Å². The first-order chi connectivity index (χ1) is 9.72. The van der Waals surface area contributed by atoms with Gasteiger partial charge in [-0.3, -0.25) is 9.58 Å². The fourth-order valence-corrected chi connectivity index (χ4v) is 3.22. The van der Waals surface area contributed by atoms with Gasteiger partial charge < -0.3 is 10.5 Å². The molecule has 2 heterocycles. The van der Waals surface area contributed by atoms with Gasteiger partial charge in [-0.25, -0.2) is 0 Å². The first-order valence-electron chi connectivity index (χ1n) is 7.39. The van der Waals surface area contributed by atoms with Crippen molar-refractivity contribution in [3.8, 4) is 0 Å². The van der Waals surface area contributed by atoms with E-state index in [-0.39, 0.29) is 6.10 Å². The summed E-state index contributed by atoms with van der Waals surface area (Å²) in [6, 6.07) is 2.74. The van der Waals surface area contributed by atoms with Gasteiger partial charge in [-0.15, -0.1) is 0 Å². The molecule has 5 nitrogen and oxygen atoms in total. The maximum Gasteiger partial charge on any atom is 0.120 e. The molecule has 110 valence electrons. The molecule has 3 rings (SSSR count). The van der Waals surface area contributed by atoms with Crippen molar-refractivity contribution in [1.29, 1.82) is 0 Å². The maximum atomic E-state index is 5.67. The van der Waals surface area contributed by atoms with Crippen molar-refractivity contribution in [3.63, 3.8) is 0 Å². The summed E-state index contributed by atoms with van der Waals surface area (Å²) in [6.07, 6.45) is 7.20. The minimum atomic E-state index is -0.115. The summed E-state index contributed by atoms with van der Waals surface area (Å²) in [7, 11) is 0. The molecule has 0 spiro atoms. The van der Waals surface area contributed by atoms with Crippen LogP contribution in [-0.4, -0.2) is 45.5 Å². The van der Waals surface area contributed by atoms with Gasteiger partial charge >= 0.3 is 0 Å². The summed E-state index contributed by atoms with van der Waals surface area (Å²) >= 11 is 5.02. The Kier molecular flexibility index (Phi) is 4.33. The molecule has 1 unspecified atom stereocenters. The zero-order chi connectivity index (χ0) is 13.9. The van der Waals surface area contributed by atoms with E-state index in [1.807, 2.05) is 0 Å². The van der Waals surface area contributed by atoms with Gasteiger partial charge in [-0.2, -0.15) is 5.10 Å². The molecule has 1 atom stereocenters. The third-order valence-corrected chi connectivity index (χ3v) is 4.48. The largest absolute Gasteiger partial charge is 0.391 e. The Hall–Kier alpha value is -0.980. The lowest BCUT2D eigenvalue weighted by Gasteiger charge is -2.31. The van der Waals surface area contributed by atoms with E-state index in [4.69, 9.17) is 27.8 Å². The minimum absolute atomic E-state index is 0.115. The van der Waals surface area contributed by atoms with Gasteiger partial charge in [0, 0.05) is 25.8 Å². The second kappa shape index (κ2) is 6.20. The number of hydrogen-bond acceptors (Lipinski definition) is 4. The monoisotopic (exact) mass is 294 g/mol. The molecule has 1 saturated carbocycles. The minimum Gasteiger partial charge on any atom is -0.391 e. The lowest BCUT2D eigenvalue weighted by Crippen LogP contribution is -2.47. The molecular weight excluding hydrogens is 272 g/mol. The Balaban J connectivity index is 1.58. The van der Waals surface area contributed by atoms with Gasteiger partial charge in [0.05, 0.1) is 18.3 Å². The average molecular weight is 294 g/mol. The van der Waals surface area contributed by atoms with Gasteiger partial charge in [0.25, 0.3) is 0 Å². The van der Waals surface area contributed by atoms with E-state index < -0.39 is 0 Å². The van der Waals surface area contributed by atoms with Crippen LogP contribution in [0.4, 0.5) is 0 Å². The topological polar surface area (TPSA) is 56.3 Å². The highest BCUT2D eigenvalue weighted by Gasteiger charge is 2.23. The van der Waals surface area contributed by atoms with Crippen LogP contribution in [0.25, 0.3) is 0 Å². The average Bonchev–Trinajstić information content (AvgIpc) is 3.09. The Morgan fingerprint density at radius 1 is 1.45 bits per heavy atom. The Labute approximate surface area is 125 Å². The lowest BCUT2D eigenvalue weighted by atomic mass is 10.2. The summed E-state index contributed by atoms with van der Waals surface area (Å²) in [5.74, 6) is 0. The van der Waals surface area contributed by atoms with E-state index in [1.165, 1.54) is 25.7 Å². The standard InChI is InChI=1S/C14H22N4OS/c15-14(20)13-10-17(7-8-19-13)9-11-5-6-18(16-11)12-3-1-2-4-12/h5-6,12-13H,1-4,7-10H2,(H2,15,20). The molecule has 0 amide bonds. The number of nitrogens with zero attached hydrogens (tertiary/aromatic N) is 3. The van der Waals surface area contributed by atoms with E-state index in [0.717, 1.165) is 25.3 Å². The number of aromatic nitrogens is 2. The van der Waals surface area contributed by atoms with Crippen LogP contribution in [0.3, 0.4) is 0 Å². The van der Waals surface area contributed by atoms with E-state index in [9.17, 15) is 0 Å². The van der Waals surface area contributed by atoms with Crippen LogP contribution in [0.15, 0.2) is 12.3 Å². The Morgan fingerprint density at radius 3 is 3.00 bits per heavy atom. The van der Waals surface area contributed by atoms with Crippen molar-refractivity contribution in [1.82, 2.24) is 14.7 Å². The first kappa shape index (κ1) is 14.0. The molecule has 0 bridgehead atoms. The first-order valence-corrected chi connectivity index (χ1v) is 7.80. The molecule has 0 radical (unpaired) electrons. The number of nitrogens with two attached hydrogens (primary N) is 1. The van der Waals surface area contributed by atoms with Crippen molar-refractivity contribution in [2.45, 2.75) is 44.4 Å². The van der Waals surface area contributed by atoms with Crippen molar-refractivity contribution >= 4 is 17.2 Å². The van der Waals surface area contributed by atoms with Crippen molar-refractivity contribution in [2.75, 3.05) is 19.7 Å². The van der Waals surface area contributed by atoms with Crippen molar-refractivity contribution in [3.05, 3.63) is 18.0 Å². The highest BCUT2D eigenvalue weighted by Crippen LogP contribution is 2.28. The normalized spacial score (nSPS) is 25.1. The Bertz CT molecular complexity index is 469. The predicted octanol–water partition coefficient (Wildman–Crippen LogP) is 1.49. The summed E-state index contributed by atoms with van der Waals surface area (Å²) in [6.45, 7) is 3.22. The molecule has 6 heteroatoms.